The van der Waals surface area contributed by atoms with Gasteiger partial charge < -0.3 is 20.3 Å². The fourth-order valence-electron chi connectivity index (χ4n) is 11.1. The highest BCUT2D eigenvalue weighted by molar-refractivity contribution is 5.76. The molecule has 1 amide bonds. The topological polar surface area (TPSA) is 95.9 Å². The highest BCUT2D eigenvalue weighted by Gasteiger charge is 2.20. The summed E-state index contributed by atoms with van der Waals surface area (Å²) < 4.78 is 5.47. The normalized spacial score (nSPS) is 12.5. The van der Waals surface area contributed by atoms with Gasteiger partial charge in [-0.25, -0.2) is 0 Å². The van der Waals surface area contributed by atoms with Crippen LogP contribution in [-0.4, -0.2) is 47.4 Å². The molecular weight excluding hydrogens is 923 g/mol. The summed E-state index contributed by atoms with van der Waals surface area (Å²) in [7, 11) is 0. The maximum Gasteiger partial charge on any atom is 0.305 e. The van der Waals surface area contributed by atoms with Crippen LogP contribution in [0, 0.1) is 0 Å². The van der Waals surface area contributed by atoms with Crippen LogP contribution in [0.1, 0.15) is 393 Å². The maximum atomic E-state index is 12.5. The number of nitrogens with one attached hydrogen (secondary N) is 1. The zero-order chi connectivity index (χ0) is 54.3. The summed E-state index contributed by atoms with van der Waals surface area (Å²) >= 11 is 0. The number of carbonyl (C=O) groups is 2. The number of ether oxygens (including phenoxy) is 1. The molecule has 0 rings (SSSR count). The van der Waals surface area contributed by atoms with E-state index >= 15 is 0 Å². The van der Waals surface area contributed by atoms with Crippen molar-refractivity contribution in [1.29, 1.82) is 0 Å². The molecule has 6 nitrogen and oxygen atoms in total. The lowest BCUT2D eigenvalue weighted by atomic mass is 10.0. The first kappa shape index (κ1) is 73.6. The van der Waals surface area contributed by atoms with E-state index in [9.17, 15) is 19.8 Å². The predicted molar refractivity (Wildman–Crippen MR) is 329 cm³/mol. The Morgan fingerprint density at radius 1 is 0.360 bits per heavy atom. The number of allylic oxidation sites excluding steroid dienone is 2. The molecule has 6 heteroatoms. The molecular formula is C69H135NO5. The van der Waals surface area contributed by atoms with Crippen molar-refractivity contribution in [3.63, 3.8) is 0 Å². The lowest BCUT2D eigenvalue weighted by molar-refractivity contribution is -0.143. The average Bonchev–Trinajstić information content (AvgIpc) is 3.41. The third kappa shape index (κ3) is 61.7. The van der Waals surface area contributed by atoms with Crippen LogP contribution in [0.3, 0.4) is 0 Å². The van der Waals surface area contributed by atoms with E-state index in [4.69, 9.17) is 4.74 Å². The highest BCUT2D eigenvalue weighted by atomic mass is 16.5. The fraction of sp³-hybridized carbons (Fsp3) is 0.942. The molecule has 0 aliphatic rings. The van der Waals surface area contributed by atoms with E-state index in [1.165, 1.54) is 315 Å². The van der Waals surface area contributed by atoms with E-state index in [0.717, 1.165) is 44.9 Å². The molecule has 2 atom stereocenters. The number of hydrogen-bond acceptors (Lipinski definition) is 5. The van der Waals surface area contributed by atoms with Crippen molar-refractivity contribution in [2.45, 2.75) is 405 Å². The second kappa shape index (κ2) is 65.1. The van der Waals surface area contributed by atoms with Gasteiger partial charge in [-0.15, -0.1) is 0 Å². The monoisotopic (exact) mass is 1060 g/mol. The van der Waals surface area contributed by atoms with Gasteiger partial charge in [0, 0.05) is 12.8 Å². The van der Waals surface area contributed by atoms with Crippen molar-refractivity contribution in [3.05, 3.63) is 12.2 Å². The second-order valence-corrected chi connectivity index (χ2v) is 23.9. The Morgan fingerprint density at radius 3 is 0.973 bits per heavy atom. The summed E-state index contributed by atoms with van der Waals surface area (Å²) in [6.45, 7) is 4.97. The van der Waals surface area contributed by atoms with Gasteiger partial charge in [-0.1, -0.05) is 341 Å². The summed E-state index contributed by atoms with van der Waals surface area (Å²) in [6, 6.07) is -0.539. The molecule has 0 aliphatic carbocycles. The number of carbonyl (C=O) groups excluding carboxylic acids is 2. The molecule has 2 unspecified atom stereocenters. The first-order valence-electron chi connectivity index (χ1n) is 34.4. The zero-order valence-corrected chi connectivity index (χ0v) is 51.1. The highest BCUT2D eigenvalue weighted by Crippen LogP contribution is 2.19. The Hall–Kier alpha value is -1.40. The number of rotatable bonds is 65. The molecule has 0 spiro atoms. The van der Waals surface area contributed by atoms with Crippen molar-refractivity contribution in [3.8, 4) is 0 Å². The molecule has 0 aliphatic heterocycles. The van der Waals surface area contributed by atoms with Gasteiger partial charge in [-0.2, -0.15) is 0 Å². The lowest BCUT2D eigenvalue weighted by Gasteiger charge is -2.22. The summed E-state index contributed by atoms with van der Waals surface area (Å²) in [5.41, 5.74) is 0. The SMILES string of the molecule is CCCCC/C=C\CCCCCCCC(=O)OCCCCCCCCCCCCCCCCCCCCCCCCCCCCCC(=O)NC(CO)C(O)CCCCCCCCCCCCCCCCCCCCC. The first-order chi connectivity index (χ1) is 37.0. The maximum absolute atomic E-state index is 12.5. The minimum Gasteiger partial charge on any atom is -0.466 e. The van der Waals surface area contributed by atoms with Crippen LogP contribution in [0.5, 0.6) is 0 Å². The van der Waals surface area contributed by atoms with E-state index in [1.54, 1.807) is 0 Å². The minimum absolute atomic E-state index is 0.00881. The number of hydrogen-bond donors (Lipinski definition) is 3. The summed E-state index contributed by atoms with van der Waals surface area (Å²) in [4.78, 5) is 24.6. The Labute approximate surface area is 469 Å². The second-order valence-electron chi connectivity index (χ2n) is 23.9. The van der Waals surface area contributed by atoms with Crippen LogP contribution in [0.4, 0.5) is 0 Å². The van der Waals surface area contributed by atoms with Crippen LogP contribution >= 0.6 is 0 Å². The number of unbranched alkanes of at least 4 members (excludes halogenated alkanes) is 52. The molecule has 0 aromatic rings. The predicted octanol–water partition coefficient (Wildman–Crippen LogP) is 22.0. The van der Waals surface area contributed by atoms with Gasteiger partial charge in [0.15, 0.2) is 0 Å². The standard InChI is InChI=1S/C69H135NO5/c1-3-5-7-9-11-13-15-17-18-19-29-32-35-38-41-45-49-53-57-61-67(72)66(65-71)70-68(73)62-58-54-50-46-42-39-36-33-30-27-25-23-21-20-22-24-26-28-31-34-37-40-44-48-52-56-60-64-75-69(74)63-59-55-51-47-43-16-14-12-10-8-6-4-2/h12,14,66-67,71-72H,3-11,13,15-65H2,1-2H3,(H,70,73)/b14-12-. The smallest absolute Gasteiger partial charge is 0.305 e. The largest absolute Gasteiger partial charge is 0.466 e. The number of aliphatic hydroxyl groups excluding tert-OH is 2. The molecule has 446 valence electrons. The van der Waals surface area contributed by atoms with Crippen molar-refractivity contribution < 1.29 is 24.5 Å². The Balaban J connectivity index is 3.35. The van der Waals surface area contributed by atoms with Gasteiger partial charge in [0.05, 0.1) is 25.4 Å². The van der Waals surface area contributed by atoms with Crippen LogP contribution in [0.2, 0.25) is 0 Å². The van der Waals surface area contributed by atoms with E-state index in [-0.39, 0.29) is 18.5 Å². The van der Waals surface area contributed by atoms with E-state index in [0.29, 0.717) is 25.9 Å². The molecule has 0 aromatic carbocycles. The Bertz CT molecular complexity index is 1130. The van der Waals surface area contributed by atoms with E-state index in [1.807, 2.05) is 0 Å². The van der Waals surface area contributed by atoms with E-state index < -0.39 is 12.1 Å². The first-order valence-corrected chi connectivity index (χ1v) is 34.4. The van der Waals surface area contributed by atoms with Crippen molar-refractivity contribution in [2.75, 3.05) is 13.2 Å². The summed E-state index contributed by atoms with van der Waals surface area (Å²) in [5, 5.41) is 23.4. The number of amides is 1. The van der Waals surface area contributed by atoms with Crippen LogP contribution in [0.15, 0.2) is 12.2 Å². The van der Waals surface area contributed by atoms with Gasteiger partial charge >= 0.3 is 5.97 Å². The van der Waals surface area contributed by atoms with Crippen LogP contribution in [-0.2, 0) is 14.3 Å². The molecule has 0 heterocycles. The van der Waals surface area contributed by atoms with Crippen LogP contribution < -0.4 is 5.32 Å². The average molecular weight is 1060 g/mol. The fourth-order valence-corrected chi connectivity index (χ4v) is 11.1. The molecule has 75 heavy (non-hydrogen) atoms. The molecule has 0 saturated carbocycles. The third-order valence-corrected chi connectivity index (χ3v) is 16.3. The minimum atomic E-state index is -0.662. The Morgan fingerprint density at radius 2 is 0.627 bits per heavy atom. The third-order valence-electron chi connectivity index (χ3n) is 16.3. The van der Waals surface area contributed by atoms with Crippen molar-refractivity contribution in [2.24, 2.45) is 0 Å². The quantitative estimate of drug-likeness (QED) is 0.0320. The molecule has 0 radical (unpaired) electrons. The van der Waals surface area contributed by atoms with Crippen molar-refractivity contribution >= 4 is 11.9 Å². The van der Waals surface area contributed by atoms with Gasteiger partial charge in [0.2, 0.25) is 5.91 Å². The lowest BCUT2D eigenvalue weighted by Crippen LogP contribution is -2.45. The molecule has 0 saturated heterocycles. The van der Waals surface area contributed by atoms with Gasteiger partial charge in [0.25, 0.3) is 0 Å². The van der Waals surface area contributed by atoms with Gasteiger partial charge in [-0.05, 0) is 51.4 Å². The molecule has 0 fully saturated rings. The summed E-state index contributed by atoms with van der Waals surface area (Å²) in [5.74, 6) is -0.0191. The van der Waals surface area contributed by atoms with Crippen LogP contribution in [0.25, 0.3) is 0 Å². The number of aliphatic hydroxyl groups is 2. The molecule has 0 bridgehead atoms. The molecule has 3 N–H and O–H groups in total. The van der Waals surface area contributed by atoms with Gasteiger partial charge in [0.1, 0.15) is 0 Å². The molecule has 0 aromatic heterocycles. The van der Waals surface area contributed by atoms with E-state index in [2.05, 4.69) is 31.3 Å². The van der Waals surface area contributed by atoms with Crippen molar-refractivity contribution in [1.82, 2.24) is 5.32 Å². The summed E-state index contributed by atoms with van der Waals surface area (Å²) in [6.07, 6.45) is 79.7. The number of esters is 1. The Kier molecular flexibility index (Phi) is 63.9. The van der Waals surface area contributed by atoms with Gasteiger partial charge in [-0.3, -0.25) is 9.59 Å². The zero-order valence-electron chi connectivity index (χ0n) is 51.1.